The van der Waals surface area contributed by atoms with E-state index in [2.05, 4.69) is 40.1 Å². The molecule has 2 aliphatic heterocycles. The first-order chi connectivity index (χ1) is 17.5. The van der Waals surface area contributed by atoms with Gasteiger partial charge in [0.05, 0.1) is 6.10 Å². The fourth-order valence-electron chi connectivity index (χ4n) is 6.53. The number of anilines is 1. The first kappa shape index (κ1) is 25.5. The van der Waals surface area contributed by atoms with Crippen molar-refractivity contribution in [2.75, 3.05) is 31.5 Å². The van der Waals surface area contributed by atoms with E-state index in [-0.39, 0.29) is 12.0 Å². The van der Waals surface area contributed by atoms with Crippen molar-refractivity contribution in [1.29, 1.82) is 0 Å². The highest BCUT2D eigenvalue weighted by atomic mass is 16.3. The Morgan fingerprint density at radius 1 is 1.14 bits per heavy atom. The van der Waals surface area contributed by atoms with E-state index in [1.54, 1.807) is 0 Å². The van der Waals surface area contributed by atoms with Gasteiger partial charge in [0.25, 0.3) is 0 Å². The third-order valence-electron chi connectivity index (χ3n) is 8.69. The van der Waals surface area contributed by atoms with Crippen molar-refractivity contribution < 1.29 is 9.90 Å². The van der Waals surface area contributed by atoms with Crippen LogP contribution in [0.3, 0.4) is 0 Å². The van der Waals surface area contributed by atoms with Gasteiger partial charge in [0.15, 0.2) is 0 Å². The number of hydrogen-bond donors (Lipinski definition) is 3. The molecule has 0 radical (unpaired) electrons. The zero-order valence-electron chi connectivity index (χ0n) is 22.1. The third-order valence-corrected chi connectivity index (χ3v) is 8.69. The van der Waals surface area contributed by atoms with Gasteiger partial charge in [-0.3, -0.25) is 4.79 Å². The summed E-state index contributed by atoms with van der Waals surface area (Å²) in [6.07, 6.45) is 13.9. The van der Waals surface area contributed by atoms with E-state index >= 15 is 0 Å². The number of likely N-dealkylation sites (tertiary alicyclic amines) is 1. The normalized spacial score (nSPS) is 25.2. The van der Waals surface area contributed by atoms with E-state index in [9.17, 15) is 9.90 Å². The fraction of sp³-hybridized carbons (Fsp3) is 0.750. The van der Waals surface area contributed by atoms with Crippen LogP contribution >= 0.6 is 0 Å². The van der Waals surface area contributed by atoms with Crippen molar-refractivity contribution in [2.45, 2.75) is 102 Å². The minimum absolute atomic E-state index is 0.175. The quantitative estimate of drug-likeness (QED) is 0.531. The average Bonchev–Trinajstić information content (AvgIpc) is 3.28. The van der Waals surface area contributed by atoms with Crippen molar-refractivity contribution in [1.82, 2.24) is 24.8 Å². The van der Waals surface area contributed by atoms with Crippen LogP contribution in [0.15, 0.2) is 12.4 Å². The van der Waals surface area contributed by atoms with E-state index in [4.69, 9.17) is 9.97 Å². The highest BCUT2D eigenvalue weighted by Gasteiger charge is 2.32. The van der Waals surface area contributed by atoms with Crippen LogP contribution in [0.1, 0.15) is 95.6 Å². The Kier molecular flexibility index (Phi) is 8.11. The predicted octanol–water partition coefficient (Wildman–Crippen LogP) is 4.21. The Hall–Kier alpha value is -2.19. The summed E-state index contributed by atoms with van der Waals surface area (Å²) < 4.78 is 2.38. The van der Waals surface area contributed by atoms with Gasteiger partial charge in [-0.15, -0.1) is 0 Å². The van der Waals surface area contributed by atoms with Gasteiger partial charge in [0.2, 0.25) is 11.9 Å². The molecule has 1 saturated carbocycles. The monoisotopic (exact) mass is 496 g/mol. The number of carbonyl (C=O) groups excluding carboxylic acids is 1. The molecule has 0 spiro atoms. The zero-order valence-corrected chi connectivity index (χ0v) is 22.1. The number of piperidine rings is 2. The smallest absolute Gasteiger partial charge is 0.225 e. The Labute approximate surface area is 215 Å². The maximum Gasteiger partial charge on any atom is 0.225 e. The van der Waals surface area contributed by atoms with E-state index < -0.39 is 0 Å². The van der Waals surface area contributed by atoms with Crippen molar-refractivity contribution >= 4 is 22.9 Å². The molecule has 5 rings (SSSR count). The van der Waals surface area contributed by atoms with Crippen LogP contribution in [0, 0.1) is 5.92 Å². The van der Waals surface area contributed by atoms with Crippen LogP contribution in [-0.2, 0) is 4.79 Å². The van der Waals surface area contributed by atoms with E-state index in [1.807, 2.05) is 6.20 Å². The molecule has 0 unspecified atom stereocenters. The molecule has 2 saturated heterocycles. The number of nitrogens with zero attached hydrogens (tertiary/aromatic N) is 4. The number of fused-ring (bicyclic) bond motifs is 1. The Bertz CT molecular complexity index is 1020. The topological polar surface area (TPSA) is 95.3 Å². The Morgan fingerprint density at radius 2 is 1.86 bits per heavy atom. The van der Waals surface area contributed by atoms with Crippen LogP contribution in [0.4, 0.5) is 5.95 Å². The predicted molar refractivity (Wildman–Crippen MR) is 143 cm³/mol. The van der Waals surface area contributed by atoms with Crippen molar-refractivity contribution in [3.8, 4) is 0 Å². The molecule has 2 aromatic rings. The van der Waals surface area contributed by atoms with Crippen LogP contribution in [0.5, 0.6) is 0 Å². The molecule has 1 aliphatic carbocycles. The number of carbonyl (C=O) groups is 1. The number of hydrogen-bond acceptors (Lipinski definition) is 6. The van der Waals surface area contributed by atoms with E-state index in [0.29, 0.717) is 29.9 Å². The Balaban J connectivity index is 1.36. The molecular weight excluding hydrogens is 452 g/mol. The molecule has 1 amide bonds. The van der Waals surface area contributed by atoms with Gasteiger partial charge in [-0.25, -0.2) is 4.98 Å². The summed E-state index contributed by atoms with van der Waals surface area (Å²) >= 11 is 0. The second kappa shape index (κ2) is 11.5. The van der Waals surface area contributed by atoms with Gasteiger partial charge in [-0.2, -0.15) is 4.98 Å². The van der Waals surface area contributed by atoms with E-state index in [0.717, 1.165) is 101 Å². The molecule has 4 heterocycles. The van der Waals surface area contributed by atoms with Gasteiger partial charge >= 0.3 is 0 Å². The SMILES string of the molecule is CCC[C@H](C)Nc1ncc2c(C3CCN(C(=O)C4CCNCC4)CC3)cn([C@H]3CC[C@H](O)CC3)c2n1. The second-order valence-electron chi connectivity index (χ2n) is 11.3. The third kappa shape index (κ3) is 5.54. The van der Waals surface area contributed by atoms with Gasteiger partial charge in [0.1, 0.15) is 5.65 Å². The lowest BCUT2D eigenvalue weighted by atomic mass is 9.88. The van der Waals surface area contributed by atoms with Crippen LogP contribution in [0.2, 0.25) is 0 Å². The van der Waals surface area contributed by atoms with E-state index in [1.165, 1.54) is 5.56 Å². The zero-order chi connectivity index (χ0) is 25.1. The Morgan fingerprint density at radius 3 is 2.56 bits per heavy atom. The summed E-state index contributed by atoms with van der Waals surface area (Å²) in [5.41, 5.74) is 2.35. The summed E-state index contributed by atoms with van der Waals surface area (Å²) in [7, 11) is 0. The number of rotatable bonds is 7. The molecule has 8 heteroatoms. The van der Waals surface area contributed by atoms with Crippen molar-refractivity contribution in [3.05, 3.63) is 18.0 Å². The number of nitrogens with one attached hydrogen (secondary N) is 2. The number of aliphatic hydroxyl groups is 1. The summed E-state index contributed by atoms with van der Waals surface area (Å²) in [4.78, 5) is 24.9. The van der Waals surface area contributed by atoms with Crippen LogP contribution in [-0.4, -0.2) is 68.8 Å². The minimum Gasteiger partial charge on any atom is -0.393 e. The fourth-order valence-corrected chi connectivity index (χ4v) is 6.53. The molecule has 0 bridgehead atoms. The number of amides is 1. The standard InChI is InChI=1S/C28H44N6O2/c1-3-4-19(2)31-28-30-17-24-25(18-34(26(24)32-28)22-5-7-23(35)8-6-22)20-11-15-33(16-12-20)27(36)21-9-13-29-14-10-21/h17-23,29,35H,3-16H2,1-2H3,(H,30,31,32)/t19-,22-,23-/m0/s1. The lowest BCUT2D eigenvalue weighted by Crippen LogP contribution is -2.44. The summed E-state index contributed by atoms with van der Waals surface area (Å²) in [6.45, 7) is 7.97. The molecule has 3 N–H and O–H groups in total. The van der Waals surface area contributed by atoms with Gasteiger partial charge in [0, 0.05) is 48.9 Å². The average molecular weight is 497 g/mol. The lowest BCUT2D eigenvalue weighted by molar-refractivity contribution is -0.137. The van der Waals surface area contributed by atoms with Gasteiger partial charge in [-0.05, 0) is 89.3 Å². The second-order valence-corrected chi connectivity index (χ2v) is 11.3. The molecule has 3 fully saturated rings. The highest BCUT2D eigenvalue weighted by Crippen LogP contribution is 2.38. The molecule has 36 heavy (non-hydrogen) atoms. The maximum absolute atomic E-state index is 13.1. The van der Waals surface area contributed by atoms with Gasteiger partial charge in [-0.1, -0.05) is 13.3 Å². The largest absolute Gasteiger partial charge is 0.393 e. The molecule has 0 aromatic carbocycles. The molecule has 8 nitrogen and oxygen atoms in total. The summed E-state index contributed by atoms with van der Waals surface area (Å²) in [5.74, 6) is 1.67. The molecule has 3 aliphatic rings. The number of aliphatic hydroxyl groups excluding tert-OH is 1. The molecular formula is C28H44N6O2. The van der Waals surface area contributed by atoms with Crippen molar-refractivity contribution in [3.63, 3.8) is 0 Å². The molecule has 2 aromatic heterocycles. The highest BCUT2D eigenvalue weighted by molar-refractivity contribution is 5.82. The van der Waals surface area contributed by atoms with Gasteiger partial charge < -0.3 is 25.2 Å². The minimum atomic E-state index is -0.175. The summed E-state index contributed by atoms with van der Waals surface area (Å²) in [5, 5.41) is 18.1. The first-order valence-electron chi connectivity index (χ1n) is 14.3. The lowest BCUT2D eigenvalue weighted by Gasteiger charge is -2.35. The first-order valence-corrected chi connectivity index (χ1v) is 14.3. The van der Waals surface area contributed by atoms with Crippen molar-refractivity contribution in [2.24, 2.45) is 5.92 Å². The number of aromatic nitrogens is 3. The van der Waals surface area contributed by atoms with Crippen LogP contribution < -0.4 is 10.6 Å². The van der Waals surface area contributed by atoms with Crippen LogP contribution in [0.25, 0.3) is 11.0 Å². The summed E-state index contributed by atoms with van der Waals surface area (Å²) in [6, 6.07) is 0.698. The molecule has 1 atom stereocenters. The maximum atomic E-state index is 13.1. The molecule has 198 valence electrons.